The molecule has 0 unspecified atom stereocenters. The van der Waals surface area contributed by atoms with Crippen molar-refractivity contribution in [2.45, 2.75) is 18.7 Å². The molecule has 5 rings (SSSR count). The second-order valence-corrected chi connectivity index (χ2v) is 8.07. The van der Waals surface area contributed by atoms with Gasteiger partial charge in [0.2, 0.25) is 6.23 Å². The number of halogens is 1. The van der Waals surface area contributed by atoms with Crippen molar-refractivity contribution in [2.24, 2.45) is 5.10 Å². The number of hydrogen-bond acceptors (Lipinski definition) is 5. The van der Waals surface area contributed by atoms with Crippen molar-refractivity contribution in [3.05, 3.63) is 80.5 Å². The van der Waals surface area contributed by atoms with Gasteiger partial charge in [0.05, 0.1) is 11.8 Å². The van der Waals surface area contributed by atoms with Gasteiger partial charge in [-0.05, 0) is 47.2 Å². The van der Waals surface area contributed by atoms with Gasteiger partial charge >= 0.3 is 0 Å². The summed E-state index contributed by atoms with van der Waals surface area (Å²) in [5.74, 6) is 1.15. The van der Waals surface area contributed by atoms with E-state index in [1.54, 1.807) is 17.4 Å². The average Bonchev–Trinajstić information content (AvgIpc) is 3.32. The van der Waals surface area contributed by atoms with Crippen molar-refractivity contribution in [3.63, 3.8) is 0 Å². The summed E-state index contributed by atoms with van der Waals surface area (Å²) < 4.78 is 7.32. The first-order chi connectivity index (χ1) is 12.7. The summed E-state index contributed by atoms with van der Waals surface area (Å²) in [7, 11) is 0. The fourth-order valence-corrected chi connectivity index (χ4v) is 4.62. The number of phenols is 1. The lowest BCUT2D eigenvalue weighted by molar-refractivity contribution is -0.0188. The standard InChI is InChI=1S/C20H15BrN2O2S/c21-13-5-6-19-15(9-13)17-10-16(14-3-1-2-4-18(14)24)22-23(17)20(25-19)12-7-8-26-11-12/h1-9,11,17,20,24H,10H2/t17-,20+/m1/s1. The van der Waals surface area contributed by atoms with Gasteiger partial charge in [0, 0.05) is 27.6 Å². The van der Waals surface area contributed by atoms with Gasteiger partial charge in [-0.2, -0.15) is 16.4 Å². The molecule has 0 radical (unpaired) electrons. The molecular weight excluding hydrogens is 412 g/mol. The van der Waals surface area contributed by atoms with Gasteiger partial charge in [-0.15, -0.1) is 0 Å². The van der Waals surface area contributed by atoms with Crippen LogP contribution in [0.1, 0.15) is 35.4 Å². The van der Waals surface area contributed by atoms with Crippen molar-refractivity contribution in [1.29, 1.82) is 0 Å². The first-order valence-electron chi connectivity index (χ1n) is 8.33. The maximum Gasteiger partial charge on any atom is 0.214 e. The van der Waals surface area contributed by atoms with E-state index >= 15 is 0 Å². The predicted molar refractivity (Wildman–Crippen MR) is 106 cm³/mol. The molecule has 130 valence electrons. The molecule has 4 nitrogen and oxygen atoms in total. The number of thiophene rings is 1. The van der Waals surface area contributed by atoms with E-state index in [9.17, 15) is 5.11 Å². The van der Waals surface area contributed by atoms with Gasteiger partial charge in [0.15, 0.2) is 0 Å². The Morgan fingerprint density at radius 2 is 2.08 bits per heavy atom. The number of ether oxygens (including phenoxy) is 1. The van der Waals surface area contributed by atoms with E-state index < -0.39 is 0 Å². The van der Waals surface area contributed by atoms with Gasteiger partial charge in [0.25, 0.3) is 0 Å². The summed E-state index contributed by atoms with van der Waals surface area (Å²) in [6.45, 7) is 0. The minimum atomic E-state index is -0.261. The van der Waals surface area contributed by atoms with Crippen molar-refractivity contribution in [3.8, 4) is 11.5 Å². The molecule has 0 spiro atoms. The zero-order chi connectivity index (χ0) is 17.7. The lowest BCUT2D eigenvalue weighted by atomic mass is 9.96. The van der Waals surface area contributed by atoms with Crippen LogP contribution in [-0.4, -0.2) is 15.8 Å². The van der Waals surface area contributed by atoms with E-state index in [1.165, 1.54) is 0 Å². The molecule has 2 aliphatic rings. The summed E-state index contributed by atoms with van der Waals surface area (Å²) in [6, 6.07) is 15.6. The molecule has 6 heteroatoms. The maximum atomic E-state index is 10.3. The molecule has 26 heavy (non-hydrogen) atoms. The number of benzene rings is 2. The zero-order valence-electron chi connectivity index (χ0n) is 13.7. The first-order valence-corrected chi connectivity index (χ1v) is 10.1. The molecule has 1 N–H and O–H groups in total. The summed E-state index contributed by atoms with van der Waals surface area (Å²) in [6.07, 6.45) is 0.466. The van der Waals surface area contributed by atoms with E-state index in [0.717, 1.165) is 39.0 Å². The fourth-order valence-electron chi connectivity index (χ4n) is 3.57. The van der Waals surface area contributed by atoms with Crippen LogP contribution in [0.2, 0.25) is 0 Å². The Morgan fingerprint density at radius 3 is 2.88 bits per heavy atom. The van der Waals surface area contributed by atoms with Crippen molar-refractivity contribution in [2.75, 3.05) is 0 Å². The van der Waals surface area contributed by atoms with Gasteiger partial charge in [-0.3, -0.25) is 0 Å². The lowest BCUT2D eigenvalue weighted by Gasteiger charge is -2.37. The molecule has 0 saturated heterocycles. The van der Waals surface area contributed by atoms with Crippen LogP contribution < -0.4 is 4.74 Å². The molecule has 1 aromatic heterocycles. The molecular formula is C20H15BrN2O2S. The lowest BCUT2D eigenvalue weighted by Crippen LogP contribution is -2.33. The van der Waals surface area contributed by atoms with E-state index in [1.807, 2.05) is 35.3 Å². The third-order valence-corrected chi connectivity index (χ3v) is 5.99. The third-order valence-electron chi connectivity index (χ3n) is 4.80. The van der Waals surface area contributed by atoms with Crippen molar-refractivity contribution in [1.82, 2.24) is 5.01 Å². The second kappa shape index (κ2) is 6.14. The minimum Gasteiger partial charge on any atom is -0.507 e. The molecule has 0 fully saturated rings. The largest absolute Gasteiger partial charge is 0.507 e. The van der Waals surface area contributed by atoms with Crippen LogP contribution in [-0.2, 0) is 0 Å². The molecule has 0 amide bonds. The first kappa shape index (κ1) is 15.9. The van der Waals surface area contributed by atoms with Crippen LogP contribution >= 0.6 is 27.3 Å². The van der Waals surface area contributed by atoms with Crippen LogP contribution in [0.15, 0.2) is 68.9 Å². The number of fused-ring (bicyclic) bond motifs is 3. The number of nitrogens with zero attached hydrogens (tertiary/aromatic N) is 2. The SMILES string of the molecule is Oc1ccccc1C1=NN2[C@H](C1)c1cc(Br)ccc1O[C@H]2c1ccsc1. The zero-order valence-corrected chi connectivity index (χ0v) is 16.1. The molecule has 3 heterocycles. The Labute approximate surface area is 163 Å². The van der Waals surface area contributed by atoms with Gasteiger partial charge < -0.3 is 9.84 Å². The van der Waals surface area contributed by atoms with Gasteiger partial charge in [0.1, 0.15) is 11.5 Å². The van der Waals surface area contributed by atoms with Crippen molar-refractivity contribution < 1.29 is 9.84 Å². The quantitative estimate of drug-likeness (QED) is 0.591. The van der Waals surface area contributed by atoms with Gasteiger partial charge in [-0.25, -0.2) is 5.01 Å². The summed E-state index contributed by atoms with van der Waals surface area (Å²) in [4.78, 5) is 0. The highest BCUT2D eigenvalue weighted by atomic mass is 79.9. The number of aromatic hydroxyl groups is 1. The van der Waals surface area contributed by atoms with Crippen LogP contribution in [0, 0.1) is 0 Å². The van der Waals surface area contributed by atoms with Crippen LogP contribution in [0.5, 0.6) is 11.5 Å². The summed E-state index contributed by atoms with van der Waals surface area (Å²) >= 11 is 5.21. The number of phenolic OH excluding ortho intramolecular Hbond substituents is 1. The van der Waals surface area contributed by atoms with E-state index in [0.29, 0.717) is 0 Å². The topological polar surface area (TPSA) is 45.1 Å². The molecule has 0 aliphatic carbocycles. The van der Waals surface area contributed by atoms with Gasteiger partial charge in [-0.1, -0.05) is 28.1 Å². The molecule has 3 aromatic rings. The smallest absolute Gasteiger partial charge is 0.214 e. The molecule has 0 saturated carbocycles. The highest BCUT2D eigenvalue weighted by molar-refractivity contribution is 9.10. The highest BCUT2D eigenvalue weighted by Crippen LogP contribution is 2.48. The van der Waals surface area contributed by atoms with Crippen LogP contribution in [0.4, 0.5) is 0 Å². The minimum absolute atomic E-state index is 0.0794. The van der Waals surface area contributed by atoms with Crippen LogP contribution in [0.25, 0.3) is 0 Å². The normalized spacial score (nSPS) is 21.0. The Balaban J connectivity index is 1.62. The molecule has 2 aromatic carbocycles. The summed E-state index contributed by atoms with van der Waals surface area (Å²) in [5.41, 5.74) is 3.86. The Hall–Kier alpha value is -2.31. The Kier molecular flexibility index (Phi) is 3.76. The van der Waals surface area contributed by atoms with Crippen LogP contribution in [0.3, 0.4) is 0 Å². The third kappa shape index (κ3) is 2.52. The molecule has 0 bridgehead atoms. The van der Waals surface area contributed by atoms with Crippen molar-refractivity contribution >= 4 is 33.0 Å². The molecule has 2 aliphatic heterocycles. The number of hydrogen-bond donors (Lipinski definition) is 1. The highest BCUT2D eigenvalue weighted by Gasteiger charge is 2.41. The van der Waals surface area contributed by atoms with E-state index in [-0.39, 0.29) is 18.0 Å². The number of rotatable bonds is 2. The number of para-hydroxylation sites is 1. The summed E-state index contributed by atoms with van der Waals surface area (Å²) in [5, 5.41) is 21.3. The molecule has 2 atom stereocenters. The Morgan fingerprint density at radius 1 is 1.19 bits per heavy atom. The second-order valence-electron chi connectivity index (χ2n) is 6.37. The average molecular weight is 427 g/mol. The maximum absolute atomic E-state index is 10.3. The monoisotopic (exact) mass is 426 g/mol. The fraction of sp³-hybridized carbons (Fsp3) is 0.150. The Bertz CT molecular complexity index is 1000. The van der Waals surface area contributed by atoms with E-state index in [4.69, 9.17) is 9.84 Å². The number of hydrazone groups is 1. The predicted octanol–water partition coefficient (Wildman–Crippen LogP) is 5.46. The van der Waals surface area contributed by atoms with E-state index in [2.05, 4.69) is 38.8 Å².